The maximum atomic E-state index is 13.6. The first kappa shape index (κ1) is 20.5. The fourth-order valence-corrected chi connectivity index (χ4v) is 4.70. The van der Waals surface area contributed by atoms with Crippen molar-refractivity contribution in [2.75, 3.05) is 10.7 Å². The molecule has 2 atom stereocenters. The van der Waals surface area contributed by atoms with Gasteiger partial charge in [-0.15, -0.1) is 10.2 Å². The molecule has 0 saturated heterocycles. The summed E-state index contributed by atoms with van der Waals surface area (Å²) in [5.41, 5.74) is 5.67. The minimum atomic E-state index is -0.573. The monoisotopic (exact) mass is 465 g/mol. The number of carbonyl (C=O) groups is 1. The predicted octanol–water partition coefficient (Wildman–Crippen LogP) is 5.14. The van der Waals surface area contributed by atoms with Crippen molar-refractivity contribution in [3.63, 3.8) is 0 Å². The Bertz CT molecular complexity index is 1250. The lowest BCUT2D eigenvalue weighted by Gasteiger charge is -2.33. The van der Waals surface area contributed by atoms with Gasteiger partial charge in [0.2, 0.25) is 11.1 Å². The average Bonchev–Trinajstić information content (AvgIpc) is 3.24. The molecule has 1 aliphatic heterocycles. The molecule has 2 heterocycles. The molecule has 4 aromatic rings. The van der Waals surface area contributed by atoms with Gasteiger partial charge in [-0.2, -0.15) is 0 Å². The van der Waals surface area contributed by atoms with Gasteiger partial charge in [-0.3, -0.25) is 4.79 Å². The summed E-state index contributed by atoms with van der Waals surface area (Å²) in [6, 6.07) is 22.2. The van der Waals surface area contributed by atoms with Gasteiger partial charge in [0, 0.05) is 16.3 Å². The maximum Gasteiger partial charge on any atom is 0.240 e. The van der Waals surface area contributed by atoms with Crippen molar-refractivity contribution in [1.82, 2.24) is 14.9 Å². The number of aromatic nitrogens is 3. The Balaban J connectivity index is 1.50. The van der Waals surface area contributed by atoms with E-state index in [1.807, 2.05) is 30.3 Å². The zero-order valence-corrected chi connectivity index (χ0v) is 18.1. The molecule has 0 saturated carbocycles. The summed E-state index contributed by atoms with van der Waals surface area (Å²) >= 11 is 7.25. The number of halogens is 2. The first-order valence-electron chi connectivity index (χ1n) is 9.84. The molecule has 0 aliphatic carbocycles. The van der Waals surface area contributed by atoms with Gasteiger partial charge in [0.05, 0.1) is 6.04 Å². The van der Waals surface area contributed by atoms with Gasteiger partial charge in [-0.25, -0.2) is 9.07 Å². The molecule has 3 aromatic carbocycles. The molecular weight excluding hydrogens is 449 g/mol. The number of fused-ring (bicyclic) bond motifs is 1. The molecule has 1 amide bonds. The summed E-state index contributed by atoms with van der Waals surface area (Å²) in [6.45, 7) is 0. The summed E-state index contributed by atoms with van der Waals surface area (Å²) in [4.78, 5) is 13.3. The summed E-state index contributed by atoms with van der Waals surface area (Å²) < 4.78 is 15.3. The minimum absolute atomic E-state index is 0.213. The molecule has 0 bridgehead atoms. The lowest BCUT2D eigenvalue weighted by Crippen LogP contribution is -2.41. The molecule has 9 heteroatoms. The van der Waals surface area contributed by atoms with Crippen LogP contribution < -0.4 is 10.7 Å². The first-order valence-corrected chi connectivity index (χ1v) is 11.1. The van der Waals surface area contributed by atoms with Crippen LogP contribution in [0.3, 0.4) is 0 Å². The second-order valence-corrected chi connectivity index (χ2v) is 8.75. The fraction of sp³-hybridized carbons (Fsp3) is 0.0870. The predicted molar refractivity (Wildman–Crippen MR) is 124 cm³/mol. The van der Waals surface area contributed by atoms with Gasteiger partial charge in [-0.1, -0.05) is 65.8 Å². The molecule has 5 rings (SSSR count). The molecule has 0 radical (unpaired) electrons. The van der Waals surface area contributed by atoms with E-state index in [-0.39, 0.29) is 11.7 Å². The summed E-state index contributed by atoms with van der Waals surface area (Å²) in [5, 5.41) is 12.1. The summed E-state index contributed by atoms with van der Waals surface area (Å²) in [6.07, 6.45) is 0. The molecule has 0 fully saturated rings. The molecule has 0 unspecified atom stereocenters. The van der Waals surface area contributed by atoms with Crippen LogP contribution in [0.25, 0.3) is 11.4 Å². The second kappa shape index (κ2) is 8.64. The zero-order valence-electron chi connectivity index (χ0n) is 16.6. The van der Waals surface area contributed by atoms with Gasteiger partial charge in [0.15, 0.2) is 5.82 Å². The Morgan fingerprint density at radius 1 is 1.00 bits per heavy atom. The van der Waals surface area contributed by atoms with Crippen LogP contribution in [-0.2, 0) is 4.79 Å². The molecule has 0 spiro atoms. The van der Waals surface area contributed by atoms with Crippen molar-refractivity contribution in [3.05, 3.63) is 95.3 Å². The minimum Gasteiger partial charge on any atom is -0.325 e. The Morgan fingerprint density at radius 3 is 2.44 bits per heavy atom. The van der Waals surface area contributed by atoms with Crippen molar-refractivity contribution in [2.24, 2.45) is 0 Å². The molecule has 160 valence electrons. The Labute approximate surface area is 192 Å². The zero-order chi connectivity index (χ0) is 22.1. The highest BCUT2D eigenvalue weighted by molar-refractivity contribution is 8.00. The van der Waals surface area contributed by atoms with Crippen LogP contribution in [0.5, 0.6) is 0 Å². The van der Waals surface area contributed by atoms with E-state index < -0.39 is 11.3 Å². The van der Waals surface area contributed by atoms with Gasteiger partial charge in [-0.05, 0) is 42.0 Å². The number of anilines is 1. The number of rotatable bonds is 4. The first-order chi connectivity index (χ1) is 15.6. The van der Waals surface area contributed by atoms with E-state index in [1.54, 1.807) is 41.1 Å². The van der Waals surface area contributed by atoms with Crippen LogP contribution in [-0.4, -0.2) is 26.0 Å². The number of nitrogens with zero attached hydrogens (tertiary/aromatic N) is 3. The summed E-state index contributed by atoms with van der Waals surface area (Å²) in [5.74, 6) is 0.0840. The van der Waals surface area contributed by atoms with E-state index in [0.717, 1.165) is 11.1 Å². The van der Waals surface area contributed by atoms with Crippen molar-refractivity contribution in [2.45, 2.75) is 16.4 Å². The Kier molecular flexibility index (Phi) is 5.55. The van der Waals surface area contributed by atoms with Crippen molar-refractivity contribution in [1.29, 1.82) is 0 Å². The van der Waals surface area contributed by atoms with Crippen molar-refractivity contribution in [3.8, 4) is 11.4 Å². The van der Waals surface area contributed by atoms with E-state index in [0.29, 0.717) is 21.7 Å². The molecule has 1 aliphatic rings. The Morgan fingerprint density at radius 2 is 1.72 bits per heavy atom. The number of thioether (sulfide) groups is 1. The average molecular weight is 466 g/mol. The normalized spacial score (nSPS) is 17.3. The highest BCUT2D eigenvalue weighted by Crippen LogP contribution is 2.39. The maximum absolute atomic E-state index is 13.6. The third-order valence-electron chi connectivity index (χ3n) is 5.07. The topological polar surface area (TPSA) is 71.8 Å². The quantitative estimate of drug-likeness (QED) is 0.437. The lowest BCUT2D eigenvalue weighted by molar-refractivity contribution is -0.116. The standard InChI is InChI=1S/C23H17ClFN5OS/c24-16-8-12-18(13-9-16)26-22(31)20-19(14-6-10-17(25)11-7-14)29-30-21(27-28-23(30)32-20)15-4-2-1-3-5-15/h1-13,19-20,29H,(H,26,31)/t19-,20+/m1/s1. The van der Waals surface area contributed by atoms with Gasteiger partial charge >= 0.3 is 0 Å². The van der Waals surface area contributed by atoms with Crippen LogP contribution in [0.4, 0.5) is 10.1 Å². The third kappa shape index (κ3) is 4.06. The van der Waals surface area contributed by atoms with E-state index in [1.165, 1.54) is 23.9 Å². The Hall–Kier alpha value is -3.36. The highest BCUT2D eigenvalue weighted by Gasteiger charge is 2.38. The van der Waals surface area contributed by atoms with Crippen LogP contribution in [0.1, 0.15) is 11.6 Å². The summed E-state index contributed by atoms with van der Waals surface area (Å²) in [7, 11) is 0. The van der Waals surface area contributed by atoms with Crippen molar-refractivity contribution >= 4 is 35.0 Å². The van der Waals surface area contributed by atoms with Crippen LogP contribution in [0, 0.1) is 5.82 Å². The third-order valence-corrected chi connectivity index (χ3v) is 6.54. The highest BCUT2D eigenvalue weighted by atomic mass is 35.5. The number of hydrogen-bond donors (Lipinski definition) is 2. The molecule has 6 nitrogen and oxygen atoms in total. The van der Waals surface area contributed by atoms with E-state index in [4.69, 9.17) is 11.6 Å². The van der Waals surface area contributed by atoms with E-state index >= 15 is 0 Å². The van der Waals surface area contributed by atoms with Crippen molar-refractivity contribution < 1.29 is 9.18 Å². The molecule has 2 N–H and O–H groups in total. The molecule has 1 aromatic heterocycles. The number of amides is 1. The van der Waals surface area contributed by atoms with Gasteiger partial charge < -0.3 is 10.7 Å². The lowest BCUT2D eigenvalue weighted by atomic mass is 10.0. The second-order valence-electron chi connectivity index (χ2n) is 7.20. The van der Waals surface area contributed by atoms with E-state index in [9.17, 15) is 9.18 Å². The number of hydrogen-bond acceptors (Lipinski definition) is 5. The fourth-order valence-electron chi connectivity index (χ4n) is 3.50. The molecule has 32 heavy (non-hydrogen) atoms. The number of benzene rings is 3. The molecular formula is C23H17ClFN5OS. The van der Waals surface area contributed by atoms with Gasteiger partial charge in [0.1, 0.15) is 11.1 Å². The van der Waals surface area contributed by atoms with Crippen LogP contribution >= 0.6 is 23.4 Å². The van der Waals surface area contributed by atoms with Gasteiger partial charge in [0.25, 0.3) is 0 Å². The smallest absolute Gasteiger partial charge is 0.240 e. The van der Waals surface area contributed by atoms with Crippen LogP contribution in [0.2, 0.25) is 5.02 Å². The largest absolute Gasteiger partial charge is 0.325 e. The number of carbonyl (C=O) groups excluding carboxylic acids is 1. The number of nitrogens with one attached hydrogen (secondary N) is 2. The van der Waals surface area contributed by atoms with E-state index in [2.05, 4.69) is 20.9 Å². The van der Waals surface area contributed by atoms with Crippen LogP contribution in [0.15, 0.2) is 84.0 Å². The SMILES string of the molecule is O=C(Nc1ccc(Cl)cc1)[C@H]1Sc2nnc(-c3ccccc3)n2N[C@@H]1c1ccc(F)cc1.